The number of nitrogens with two attached hydrogens (primary N) is 1. The van der Waals surface area contributed by atoms with Gasteiger partial charge in [0.15, 0.2) is 9.84 Å². The van der Waals surface area contributed by atoms with E-state index in [-0.39, 0.29) is 31.1 Å². The van der Waals surface area contributed by atoms with E-state index in [0.29, 0.717) is 0 Å². The zero-order valence-electron chi connectivity index (χ0n) is 8.90. The number of sulfone groups is 1. The second kappa shape index (κ2) is 5.07. The monoisotopic (exact) mass is 290 g/mol. The molecular formula is C8H13F3N2O2S2. The molecule has 9 heteroatoms. The first-order chi connectivity index (χ1) is 7.62. The van der Waals surface area contributed by atoms with Gasteiger partial charge in [-0.1, -0.05) is 12.2 Å². The lowest BCUT2D eigenvalue weighted by molar-refractivity contribution is -0.159. The van der Waals surface area contributed by atoms with Crippen LogP contribution < -0.4 is 5.73 Å². The van der Waals surface area contributed by atoms with Crippen LogP contribution in [0.3, 0.4) is 0 Å². The third-order valence-electron chi connectivity index (χ3n) is 2.62. The fourth-order valence-electron chi connectivity index (χ4n) is 1.55. The van der Waals surface area contributed by atoms with Gasteiger partial charge in [0.2, 0.25) is 0 Å². The van der Waals surface area contributed by atoms with E-state index in [1.54, 1.807) is 0 Å². The van der Waals surface area contributed by atoms with E-state index in [0.717, 1.165) is 0 Å². The van der Waals surface area contributed by atoms with Crippen LogP contribution in [0, 0.1) is 5.92 Å². The topological polar surface area (TPSA) is 63.4 Å². The van der Waals surface area contributed by atoms with Crippen molar-refractivity contribution in [3.8, 4) is 0 Å². The van der Waals surface area contributed by atoms with E-state index in [1.807, 2.05) is 0 Å². The molecule has 0 aromatic carbocycles. The van der Waals surface area contributed by atoms with Crippen molar-refractivity contribution in [2.24, 2.45) is 11.7 Å². The Bertz CT molecular complexity index is 380. The highest BCUT2D eigenvalue weighted by atomic mass is 32.2. The molecule has 100 valence electrons. The van der Waals surface area contributed by atoms with Crippen LogP contribution in [0.25, 0.3) is 0 Å². The number of hydrogen-bond donors (Lipinski definition) is 1. The molecule has 1 unspecified atom stereocenters. The quantitative estimate of drug-likeness (QED) is 0.751. The van der Waals surface area contributed by atoms with Crippen molar-refractivity contribution < 1.29 is 21.6 Å². The Kier molecular flexibility index (Phi) is 4.37. The third-order valence-corrected chi connectivity index (χ3v) is 4.51. The second-order valence-electron chi connectivity index (χ2n) is 3.95. The van der Waals surface area contributed by atoms with Crippen molar-refractivity contribution in [2.45, 2.75) is 6.18 Å². The summed E-state index contributed by atoms with van der Waals surface area (Å²) < 4.78 is 59.9. The molecule has 1 rings (SSSR count). The summed E-state index contributed by atoms with van der Waals surface area (Å²) >= 11 is 4.39. The molecule has 0 bridgehead atoms. The fourth-order valence-corrected chi connectivity index (χ4v) is 3.03. The maximum absolute atomic E-state index is 12.6. The molecule has 1 aliphatic rings. The smallest absolute Gasteiger partial charge is 0.393 e. The first-order valence-electron chi connectivity index (χ1n) is 4.90. The molecular weight excluding hydrogens is 277 g/mol. The minimum absolute atomic E-state index is 0.0948. The van der Waals surface area contributed by atoms with E-state index < -0.39 is 26.9 Å². The van der Waals surface area contributed by atoms with Gasteiger partial charge in [-0.25, -0.2) is 8.42 Å². The van der Waals surface area contributed by atoms with Crippen molar-refractivity contribution in [2.75, 3.05) is 31.1 Å². The summed E-state index contributed by atoms with van der Waals surface area (Å²) in [5.41, 5.74) is 5.06. The second-order valence-corrected chi connectivity index (χ2v) is 6.72. The molecule has 1 aliphatic heterocycles. The lowest BCUT2D eigenvalue weighted by atomic mass is 10.1. The van der Waals surface area contributed by atoms with Gasteiger partial charge < -0.3 is 10.6 Å². The largest absolute Gasteiger partial charge is 0.399 e. The van der Waals surface area contributed by atoms with Crippen LogP contribution in [0.4, 0.5) is 13.2 Å². The van der Waals surface area contributed by atoms with Gasteiger partial charge in [0.05, 0.1) is 16.5 Å². The Morgan fingerprint density at radius 2 is 1.82 bits per heavy atom. The summed E-state index contributed by atoms with van der Waals surface area (Å²) in [7, 11) is -3.09. The number of thiocarbonyl (C=S) groups is 1. The highest BCUT2D eigenvalue weighted by Crippen LogP contribution is 2.27. The Labute approximate surface area is 103 Å². The van der Waals surface area contributed by atoms with Crippen molar-refractivity contribution in [1.82, 2.24) is 4.90 Å². The number of rotatable bonds is 3. The minimum atomic E-state index is -4.48. The molecule has 1 atom stereocenters. The Morgan fingerprint density at radius 1 is 1.35 bits per heavy atom. The number of alkyl halides is 3. The number of nitrogens with zero attached hydrogens (tertiary/aromatic N) is 1. The molecule has 1 heterocycles. The molecule has 0 radical (unpaired) electrons. The van der Waals surface area contributed by atoms with Crippen LogP contribution >= 0.6 is 12.2 Å². The summed E-state index contributed by atoms with van der Waals surface area (Å²) in [4.78, 5) is 0.823. The van der Waals surface area contributed by atoms with Crippen LogP contribution in [0.15, 0.2) is 0 Å². The van der Waals surface area contributed by atoms with Crippen molar-refractivity contribution in [3.63, 3.8) is 0 Å². The van der Waals surface area contributed by atoms with Crippen LogP contribution in [-0.2, 0) is 9.84 Å². The molecule has 2 N–H and O–H groups in total. The number of halogens is 3. The lowest BCUT2D eigenvalue weighted by Crippen LogP contribution is -2.48. The summed E-state index contributed by atoms with van der Waals surface area (Å²) in [5, 5.41) is 0. The first-order valence-corrected chi connectivity index (χ1v) is 7.13. The first kappa shape index (κ1) is 14.7. The van der Waals surface area contributed by atoms with Gasteiger partial charge in [-0.15, -0.1) is 0 Å². The predicted molar refractivity (Wildman–Crippen MR) is 61.4 cm³/mol. The summed E-state index contributed by atoms with van der Waals surface area (Å²) in [5.74, 6) is -2.11. The standard InChI is InChI=1S/C8H13F3N2O2S2/c9-8(10,11)6(7(12)16)5-13-1-3-17(14,15)4-2-13/h6H,1-5H2,(H2,12,16). The summed E-state index contributed by atoms with van der Waals surface area (Å²) in [6.45, 7) is -0.177. The van der Waals surface area contributed by atoms with Gasteiger partial charge in [0.1, 0.15) is 5.92 Å². The van der Waals surface area contributed by atoms with Crippen LogP contribution in [0.5, 0.6) is 0 Å². The lowest BCUT2D eigenvalue weighted by Gasteiger charge is -2.30. The van der Waals surface area contributed by atoms with Gasteiger partial charge >= 0.3 is 6.18 Å². The van der Waals surface area contributed by atoms with Gasteiger partial charge in [0.25, 0.3) is 0 Å². The zero-order chi connectivity index (χ0) is 13.3. The minimum Gasteiger partial charge on any atom is -0.393 e. The van der Waals surface area contributed by atoms with Gasteiger partial charge in [-0.3, -0.25) is 0 Å². The molecule has 1 fully saturated rings. The fraction of sp³-hybridized carbons (Fsp3) is 0.875. The summed E-state index contributed by atoms with van der Waals surface area (Å²) in [6.07, 6.45) is -4.48. The molecule has 1 saturated heterocycles. The highest BCUT2D eigenvalue weighted by Gasteiger charge is 2.43. The van der Waals surface area contributed by atoms with Crippen molar-refractivity contribution >= 4 is 27.0 Å². The van der Waals surface area contributed by atoms with Gasteiger partial charge in [-0.2, -0.15) is 13.2 Å². The molecule has 0 aromatic rings. The molecule has 0 saturated carbocycles. The normalized spacial score (nSPS) is 23.2. The van der Waals surface area contributed by atoms with E-state index in [9.17, 15) is 21.6 Å². The van der Waals surface area contributed by atoms with Crippen LogP contribution in [0.2, 0.25) is 0 Å². The maximum atomic E-state index is 12.6. The predicted octanol–water partition coefficient (Wildman–Crippen LogP) is 0.181. The van der Waals surface area contributed by atoms with E-state index in [1.165, 1.54) is 4.90 Å². The maximum Gasteiger partial charge on any atom is 0.399 e. The SMILES string of the molecule is NC(=S)C(CN1CCS(=O)(=O)CC1)C(F)(F)F. The third kappa shape index (κ3) is 4.40. The Hall–Kier alpha value is -0.410. The average molecular weight is 290 g/mol. The van der Waals surface area contributed by atoms with Crippen LogP contribution in [0.1, 0.15) is 0 Å². The Balaban J connectivity index is 2.62. The van der Waals surface area contributed by atoms with Gasteiger partial charge in [0, 0.05) is 19.6 Å². The van der Waals surface area contributed by atoms with Crippen LogP contribution in [-0.4, -0.2) is 55.6 Å². The highest BCUT2D eigenvalue weighted by molar-refractivity contribution is 7.91. The average Bonchev–Trinajstić information content (AvgIpc) is 2.13. The molecule has 0 aliphatic carbocycles. The van der Waals surface area contributed by atoms with E-state index >= 15 is 0 Å². The molecule has 4 nitrogen and oxygen atoms in total. The molecule has 0 aromatic heterocycles. The van der Waals surface area contributed by atoms with E-state index in [2.05, 4.69) is 12.2 Å². The molecule has 0 spiro atoms. The zero-order valence-corrected chi connectivity index (χ0v) is 10.5. The van der Waals surface area contributed by atoms with Gasteiger partial charge in [-0.05, 0) is 0 Å². The molecule has 0 amide bonds. The van der Waals surface area contributed by atoms with Crippen molar-refractivity contribution in [1.29, 1.82) is 0 Å². The van der Waals surface area contributed by atoms with E-state index in [4.69, 9.17) is 5.73 Å². The molecule has 17 heavy (non-hydrogen) atoms. The number of hydrogen-bond acceptors (Lipinski definition) is 4. The van der Waals surface area contributed by atoms with Crippen molar-refractivity contribution in [3.05, 3.63) is 0 Å². The Morgan fingerprint density at radius 3 is 2.18 bits per heavy atom. The summed E-state index contributed by atoms with van der Waals surface area (Å²) in [6, 6.07) is 0.